The molecule has 0 aliphatic rings. The molecule has 4 nitrogen and oxygen atoms in total. The average Bonchev–Trinajstić information content (AvgIpc) is 2.16. The number of carbonyl (C=O) groups is 1. The van der Waals surface area contributed by atoms with Gasteiger partial charge in [0, 0.05) is 14.9 Å². The zero-order chi connectivity index (χ0) is 12.3. The summed E-state index contributed by atoms with van der Waals surface area (Å²) in [6, 6.07) is 2.51. The van der Waals surface area contributed by atoms with Crippen molar-refractivity contribution in [3.05, 3.63) is 44.2 Å². The van der Waals surface area contributed by atoms with Crippen molar-refractivity contribution in [1.82, 2.24) is 0 Å². The highest BCUT2D eigenvalue weighted by molar-refractivity contribution is 9.10. The maximum Gasteiger partial charge on any atom is 0.416 e. The third kappa shape index (κ3) is 2.74. The van der Waals surface area contributed by atoms with Gasteiger partial charge in [0.15, 0.2) is 0 Å². The number of halogens is 4. The molecule has 1 rings (SSSR count). The molecule has 0 spiro atoms. The number of hydrogen-bond acceptors (Lipinski definition) is 1. The third-order valence-corrected chi connectivity index (χ3v) is 2.35. The maximum atomic E-state index is 12.3. The molecular weight excluding hydrogens is 291 g/mol. The van der Waals surface area contributed by atoms with E-state index in [0.29, 0.717) is 6.07 Å². The van der Waals surface area contributed by atoms with Gasteiger partial charge in [-0.1, -0.05) is 15.9 Å². The van der Waals surface area contributed by atoms with E-state index in [0.717, 1.165) is 12.1 Å². The standard InChI is InChI=1S/C8H3BrF3N3O/c9-6-2-1-4(8(10,11)12)3-5(6)7(16)14-15-13/h1-3H. The summed E-state index contributed by atoms with van der Waals surface area (Å²) in [5.74, 6) is -1.07. The van der Waals surface area contributed by atoms with Gasteiger partial charge in [0.25, 0.3) is 0 Å². The number of carbonyl (C=O) groups excluding carboxylic acids is 1. The van der Waals surface area contributed by atoms with Crippen LogP contribution in [0.3, 0.4) is 0 Å². The monoisotopic (exact) mass is 293 g/mol. The number of alkyl halides is 3. The molecule has 0 heterocycles. The second kappa shape index (κ2) is 4.54. The number of amides is 1. The van der Waals surface area contributed by atoms with Crippen LogP contribution in [0.5, 0.6) is 0 Å². The van der Waals surface area contributed by atoms with E-state index in [4.69, 9.17) is 5.53 Å². The van der Waals surface area contributed by atoms with E-state index in [1.807, 2.05) is 0 Å². The molecule has 84 valence electrons. The lowest BCUT2D eigenvalue weighted by Crippen LogP contribution is -2.07. The number of nitrogens with zero attached hydrogens (tertiary/aromatic N) is 3. The van der Waals surface area contributed by atoms with Crippen molar-refractivity contribution < 1.29 is 18.0 Å². The Hall–Kier alpha value is -1.53. The second-order valence-electron chi connectivity index (χ2n) is 2.69. The number of rotatable bonds is 1. The van der Waals surface area contributed by atoms with Crippen LogP contribution in [0.1, 0.15) is 15.9 Å². The lowest BCUT2D eigenvalue weighted by Gasteiger charge is -2.08. The van der Waals surface area contributed by atoms with Crippen LogP contribution in [0.4, 0.5) is 13.2 Å². The first kappa shape index (κ1) is 12.5. The summed E-state index contributed by atoms with van der Waals surface area (Å²) in [5.41, 5.74) is 6.71. The first-order chi connectivity index (χ1) is 7.36. The van der Waals surface area contributed by atoms with E-state index in [-0.39, 0.29) is 10.0 Å². The van der Waals surface area contributed by atoms with Crippen molar-refractivity contribution >= 4 is 21.8 Å². The highest BCUT2D eigenvalue weighted by Crippen LogP contribution is 2.32. The number of azide groups is 1. The summed E-state index contributed by atoms with van der Waals surface area (Å²) >= 11 is 2.90. The van der Waals surface area contributed by atoms with E-state index in [1.165, 1.54) is 0 Å². The molecule has 0 unspecified atom stereocenters. The summed E-state index contributed by atoms with van der Waals surface area (Å²) in [6.45, 7) is 0. The molecule has 0 aliphatic heterocycles. The molecule has 16 heavy (non-hydrogen) atoms. The van der Waals surface area contributed by atoms with Gasteiger partial charge in [-0.2, -0.15) is 13.2 Å². The second-order valence-corrected chi connectivity index (χ2v) is 3.54. The van der Waals surface area contributed by atoms with Crippen molar-refractivity contribution in [2.45, 2.75) is 6.18 Å². The Morgan fingerprint density at radius 1 is 1.44 bits per heavy atom. The molecule has 0 saturated heterocycles. The molecule has 1 aromatic carbocycles. The van der Waals surface area contributed by atoms with Gasteiger partial charge in [0.2, 0.25) is 5.91 Å². The van der Waals surface area contributed by atoms with Crippen LogP contribution in [0, 0.1) is 0 Å². The summed E-state index contributed by atoms with van der Waals surface area (Å²) in [7, 11) is 0. The van der Waals surface area contributed by atoms with Crippen molar-refractivity contribution in [3.8, 4) is 0 Å². The van der Waals surface area contributed by atoms with Crippen molar-refractivity contribution in [2.24, 2.45) is 5.11 Å². The van der Waals surface area contributed by atoms with Gasteiger partial charge in [-0.05, 0) is 28.8 Å². The van der Waals surface area contributed by atoms with E-state index in [9.17, 15) is 18.0 Å². The largest absolute Gasteiger partial charge is 0.416 e. The van der Waals surface area contributed by atoms with Crippen LogP contribution in [-0.4, -0.2) is 5.91 Å². The number of benzene rings is 1. The first-order valence-electron chi connectivity index (χ1n) is 3.82. The molecule has 0 atom stereocenters. The minimum atomic E-state index is -4.55. The molecule has 0 N–H and O–H groups in total. The molecule has 0 fully saturated rings. The summed E-state index contributed by atoms with van der Waals surface area (Å²) in [5, 5.41) is 2.72. The molecule has 1 amide bonds. The fourth-order valence-electron chi connectivity index (χ4n) is 0.960. The van der Waals surface area contributed by atoms with Gasteiger partial charge >= 0.3 is 6.18 Å². The molecule has 0 bridgehead atoms. The Labute approximate surface area is 95.8 Å². The lowest BCUT2D eigenvalue weighted by molar-refractivity contribution is -0.137. The van der Waals surface area contributed by atoms with Gasteiger partial charge < -0.3 is 0 Å². The van der Waals surface area contributed by atoms with E-state index >= 15 is 0 Å². The van der Waals surface area contributed by atoms with Crippen LogP contribution in [0.15, 0.2) is 27.8 Å². The minimum absolute atomic E-state index is 0.137. The maximum absolute atomic E-state index is 12.3. The van der Waals surface area contributed by atoms with Gasteiger partial charge in [0.05, 0.1) is 5.56 Å². The van der Waals surface area contributed by atoms with Crippen LogP contribution >= 0.6 is 15.9 Å². The summed E-state index contributed by atoms with van der Waals surface area (Å²) < 4.78 is 37.1. The first-order valence-corrected chi connectivity index (χ1v) is 4.61. The Morgan fingerprint density at radius 2 is 2.06 bits per heavy atom. The Bertz CT molecular complexity index is 480. The predicted octanol–water partition coefficient (Wildman–Crippen LogP) is 3.92. The zero-order valence-corrected chi connectivity index (χ0v) is 9.08. The van der Waals surface area contributed by atoms with Gasteiger partial charge in [-0.25, -0.2) is 0 Å². The predicted molar refractivity (Wildman–Crippen MR) is 52.6 cm³/mol. The smallest absolute Gasteiger partial charge is 0.287 e. The highest BCUT2D eigenvalue weighted by Gasteiger charge is 2.31. The van der Waals surface area contributed by atoms with Gasteiger partial charge in [-0.3, -0.25) is 4.79 Å². The van der Waals surface area contributed by atoms with Crippen LogP contribution < -0.4 is 0 Å². The van der Waals surface area contributed by atoms with Gasteiger partial charge in [0.1, 0.15) is 0 Å². The Kier molecular flexibility index (Phi) is 3.56. The molecule has 8 heteroatoms. The minimum Gasteiger partial charge on any atom is -0.287 e. The highest BCUT2D eigenvalue weighted by atomic mass is 79.9. The Morgan fingerprint density at radius 3 is 2.56 bits per heavy atom. The molecule has 0 saturated carbocycles. The third-order valence-electron chi connectivity index (χ3n) is 1.66. The van der Waals surface area contributed by atoms with Crippen LogP contribution in [-0.2, 0) is 6.18 Å². The van der Waals surface area contributed by atoms with Crippen LogP contribution in [0.2, 0.25) is 0 Å². The van der Waals surface area contributed by atoms with Crippen molar-refractivity contribution in [1.29, 1.82) is 0 Å². The molecule has 1 aromatic rings. The van der Waals surface area contributed by atoms with E-state index < -0.39 is 17.6 Å². The normalized spacial score (nSPS) is 10.8. The fraction of sp³-hybridized carbons (Fsp3) is 0.125. The molecule has 0 radical (unpaired) electrons. The van der Waals surface area contributed by atoms with E-state index in [1.54, 1.807) is 0 Å². The van der Waals surface area contributed by atoms with Gasteiger partial charge in [-0.15, -0.1) is 0 Å². The number of hydrogen-bond donors (Lipinski definition) is 0. The van der Waals surface area contributed by atoms with E-state index in [2.05, 4.69) is 26.0 Å². The lowest BCUT2D eigenvalue weighted by atomic mass is 10.1. The molecule has 0 aromatic heterocycles. The summed E-state index contributed by atoms with van der Waals surface area (Å²) in [4.78, 5) is 13.3. The zero-order valence-electron chi connectivity index (χ0n) is 7.49. The van der Waals surface area contributed by atoms with Crippen LogP contribution in [0.25, 0.3) is 10.4 Å². The molecular formula is C8H3BrF3N3O. The quantitative estimate of drug-likeness (QED) is 0.440. The fourth-order valence-corrected chi connectivity index (χ4v) is 1.38. The SMILES string of the molecule is [N-]=[N+]=NC(=O)c1cc(C(F)(F)F)ccc1Br. The van der Waals surface area contributed by atoms with Crippen molar-refractivity contribution in [2.75, 3.05) is 0 Å². The summed E-state index contributed by atoms with van der Waals surface area (Å²) in [6.07, 6.45) is -4.55. The molecule has 0 aliphatic carbocycles. The average molecular weight is 294 g/mol. The Balaban J connectivity index is 3.29. The topological polar surface area (TPSA) is 65.8 Å². The van der Waals surface area contributed by atoms with Crippen molar-refractivity contribution in [3.63, 3.8) is 0 Å².